The molecule has 0 aliphatic carbocycles. The van der Waals surface area contributed by atoms with Gasteiger partial charge in [0.2, 0.25) is 0 Å². The van der Waals surface area contributed by atoms with Gasteiger partial charge >= 0.3 is 5.97 Å². The van der Waals surface area contributed by atoms with E-state index < -0.39 is 4.87 Å². The highest BCUT2D eigenvalue weighted by Crippen LogP contribution is 2.41. The van der Waals surface area contributed by atoms with E-state index in [1.165, 1.54) is 327 Å². The van der Waals surface area contributed by atoms with Crippen LogP contribution in [0.1, 0.15) is 387 Å². The van der Waals surface area contributed by atoms with Crippen LogP contribution in [0.2, 0.25) is 0 Å². The van der Waals surface area contributed by atoms with Crippen LogP contribution in [-0.4, -0.2) is 18.0 Å². The minimum Gasteiger partial charge on any atom is -0.469 e. The SMILES string of the molecule is CCCCCCCCCCCCCCCCCCCCC(C(=O)OC)C(Cl)(CCCCCCCCCCCCCCCCCCCC)CCCCCCCCCCCCCCCCCCCC.N. The van der Waals surface area contributed by atoms with E-state index in [4.69, 9.17) is 16.3 Å². The zero-order chi connectivity index (χ0) is 48.7. The van der Waals surface area contributed by atoms with Gasteiger partial charge in [-0.25, -0.2) is 0 Å². The van der Waals surface area contributed by atoms with Crippen LogP contribution < -0.4 is 6.15 Å². The van der Waals surface area contributed by atoms with E-state index in [-0.39, 0.29) is 18.0 Å². The number of unbranched alkanes of at least 4 members (excludes halogenated alkanes) is 51. The molecule has 1 atom stereocenters. The second kappa shape index (κ2) is 59.3. The number of alkyl halides is 1. The lowest BCUT2D eigenvalue weighted by molar-refractivity contribution is -0.147. The molecular weight excluding hydrogens is 850 g/mol. The summed E-state index contributed by atoms with van der Waals surface area (Å²) in [7, 11) is 1.59. The van der Waals surface area contributed by atoms with Gasteiger partial charge in [-0.3, -0.25) is 4.79 Å². The van der Waals surface area contributed by atoms with Crippen molar-refractivity contribution in [1.29, 1.82) is 0 Å². The fraction of sp³-hybridized carbons (Fsp3) is 0.984. The quantitative estimate of drug-likeness (QED) is 0.0375. The predicted octanol–water partition coefficient (Wildman–Crippen LogP) is 24.2. The van der Waals surface area contributed by atoms with E-state index in [2.05, 4.69) is 20.8 Å². The van der Waals surface area contributed by atoms with E-state index in [1.807, 2.05) is 0 Å². The zero-order valence-corrected chi connectivity index (χ0v) is 48.5. The molecule has 4 heteroatoms. The third-order valence-corrected chi connectivity index (χ3v) is 16.5. The number of hydrogen-bond acceptors (Lipinski definition) is 3. The van der Waals surface area contributed by atoms with Gasteiger partial charge < -0.3 is 10.9 Å². The van der Waals surface area contributed by atoms with E-state index in [0.29, 0.717) is 0 Å². The Balaban J connectivity index is 0. The van der Waals surface area contributed by atoms with Crippen molar-refractivity contribution in [2.75, 3.05) is 7.11 Å². The molecular formula is C64H130ClNO2. The minimum atomic E-state index is -0.453. The Bertz CT molecular complexity index is 886. The Kier molecular flexibility index (Phi) is 60.9. The topological polar surface area (TPSA) is 61.3 Å². The van der Waals surface area contributed by atoms with Crippen LogP contribution in [0, 0.1) is 5.92 Å². The zero-order valence-electron chi connectivity index (χ0n) is 47.8. The van der Waals surface area contributed by atoms with Gasteiger partial charge in [-0.2, -0.15) is 0 Å². The second-order valence-corrected chi connectivity index (χ2v) is 23.2. The van der Waals surface area contributed by atoms with Crippen LogP contribution >= 0.6 is 11.6 Å². The molecule has 410 valence electrons. The monoisotopic (exact) mass is 980 g/mol. The molecule has 3 N–H and O–H groups in total. The lowest BCUT2D eigenvalue weighted by atomic mass is 9.79. The molecule has 0 aromatic carbocycles. The molecule has 1 unspecified atom stereocenters. The van der Waals surface area contributed by atoms with Crippen molar-refractivity contribution in [3.8, 4) is 0 Å². The van der Waals surface area contributed by atoms with E-state index >= 15 is 0 Å². The summed E-state index contributed by atoms with van der Waals surface area (Å²) in [5.41, 5.74) is 0. The summed E-state index contributed by atoms with van der Waals surface area (Å²) in [5.74, 6) is -0.219. The van der Waals surface area contributed by atoms with E-state index in [1.54, 1.807) is 7.11 Å². The van der Waals surface area contributed by atoms with Crippen LogP contribution in [0.3, 0.4) is 0 Å². The number of carbonyl (C=O) groups excluding carboxylic acids is 1. The van der Waals surface area contributed by atoms with Crippen molar-refractivity contribution in [3.63, 3.8) is 0 Å². The van der Waals surface area contributed by atoms with Crippen molar-refractivity contribution < 1.29 is 9.53 Å². The Morgan fingerprint density at radius 3 is 0.647 bits per heavy atom. The molecule has 0 aliphatic heterocycles. The van der Waals surface area contributed by atoms with E-state index in [0.717, 1.165) is 38.5 Å². The predicted molar refractivity (Wildman–Crippen MR) is 309 cm³/mol. The fourth-order valence-electron chi connectivity index (χ4n) is 11.1. The highest BCUT2D eigenvalue weighted by atomic mass is 35.5. The maximum Gasteiger partial charge on any atom is 0.310 e. The first-order chi connectivity index (χ1) is 33.1. The van der Waals surface area contributed by atoms with Gasteiger partial charge in [0.05, 0.1) is 17.9 Å². The lowest BCUT2D eigenvalue weighted by Gasteiger charge is -2.34. The minimum absolute atomic E-state index is 0. The smallest absolute Gasteiger partial charge is 0.310 e. The van der Waals surface area contributed by atoms with Crippen molar-refractivity contribution in [1.82, 2.24) is 6.15 Å². The molecule has 0 saturated heterocycles. The van der Waals surface area contributed by atoms with Gasteiger partial charge in [-0.15, -0.1) is 11.6 Å². The molecule has 0 rings (SSSR count). The Labute approximate surface area is 435 Å². The summed E-state index contributed by atoms with van der Waals surface area (Å²) >= 11 is 7.71. The normalized spacial score (nSPS) is 12.2. The number of esters is 1. The first-order valence-corrected chi connectivity index (χ1v) is 32.2. The van der Waals surface area contributed by atoms with Gasteiger partial charge in [-0.1, -0.05) is 367 Å². The molecule has 0 bridgehead atoms. The number of ether oxygens (including phenoxy) is 1. The largest absolute Gasteiger partial charge is 0.469 e. The maximum atomic E-state index is 13.4. The van der Waals surface area contributed by atoms with Crippen molar-refractivity contribution in [2.45, 2.75) is 392 Å². The molecule has 0 spiro atoms. The van der Waals surface area contributed by atoms with Crippen LogP contribution in [0.15, 0.2) is 0 Å². The molecule has 0 saturated carbocycles. The lowest BCUT2D eigenvalue weighted by Crippen LogP contribution is -2.38. The third kappa shape index (κ3) is 50.7. The van der Waals surface area contributed by atoms with Gasteiger partial charge in [-0.05, 0) is 19.3 Å². The first kappa shape index (κ1) is 69.8. The summed E-state index contributed by atoms with van der Waals surface area (Å²) in [4.78, 5) is 13.0. The number of hydrogen-bond donors (Lipinski definition) is 1. The summed E-state index contributed by atoms with van der Waals surface area (Å²) in [6, 6.07) is 0. The Hall–Kier alpha value is -0.280. The molecule has 0 radical (unpaired) electrons. The van der Waals surface area contributed by atoms with Crippen molar-refractivity contribution >= 4 is 17.6 Å². The number of methoxy groups -OCH3 is 1. The maximum absolute atomic E-state index is 13.4. The fourth-order valence-corrected chi connectivity index (χ4v) is 11.6. The summed E-state index contributed by atoms with van der Waals surface area (Å²) < 4.78 is 5.50. The summed E-state index contributed by atoms with van der Waals surface area (Å²) in [6.45, 7) is 6.92. The van der Waals surface area contributed by atoms with Crippen LogP contribution in [-0.2, 0) is 9.53 Å². The Morgan fingerprint density at radius 2 is 0.471 bits per heavy atom. The van der Waals surface area contributed by atoms with Gasteiger partial charge in [0, 0.05) is 0 Å². The van der Waals surface area contributed by atoms with Crippen LogP contribution in [0.5, 0.6) is 0 Å². The average Bonchev–Trinajstić information content (AvgIpc) is 3.33. The van der Waals surface area contributed by atoms with E-state index in [9.17, 15) is 4.79 Å². The van der Waals surface area contributed by atoms with Crippen LogP contribution in [0.25, 0.3) is 0 Å². The van der Waals surface area contributed by atoms with Gasteiger partial charge in [0.25, 0.3) is 0 Å². The molecule has 68 heavy (non-hydrogen) atoms. The van der Waals surface area contributed by atoms with Crippen molar-refractivity contribution in [2.24, 2.45) is 5.92 Å². The number of rotatable bonds is 59. The Morgan fingerprint density at radius 1 is 0.309 bits per heavy atom. The number of halogens is 1. The molecule has 0 fully saturated rings. The summed E-state index contributed by atoms with van der Waals surface area (Å²) in [6.07, 6.45) is 77.9. The molecule has 0 amide bonds. The summed E-state index contributed by atoms with van der Waals surface area (Å²) in [5, 5.41) is 0. The molecule has 0 aromatic rings. The first-order valence-electron chi connectivity index (χ1n) is 31.8. The van der Waals surface area contributed by atoms with Gasteiger partial charge in [0.1, 0.15) is 0 Å². The molecule has 0 heterocycles. The second-order valence-electron chi connectivity index (χ2n) is 22.4. The average molecular weight is 981 g/mol. The number of carbonyl (C=O) groups is 1. The molecule has 3 nitrogen and oxygen atoms in total. The molecule has 0 aromatic heterocycles. The van der Waals surface area contributed by atoms with Crippen LogP contribution in [0.4, 0.5) is 0 Å². The highest BCUT2D eigenvalue weighted by molar-refractivity contribution is 6.25. The van der Waals surface area contributed by atoms with Gasteiger partial charge in [0.15, 0.2) is 0 Å². The highest BCUT2D eigenvalue weighted by Gasteiger charge is 2.40. The molecule has 0 aliphatic rings. The van der Waals surface area contributed by atoms with Crippen molar-refractivity contribution in [3.05, 3.63) is 0 Å². The third-order valence-electron chi connectivity index (χ3n) is 15.8. The standard InChI is InChI=1S/C64H127ClO2.H3N/c1-5-8-11-14-17-20-23-26-29-32-35-38-41-44-47-50-53-56-59-62(63(66)67-4)64(65,60-57-54-51-48-45-42-39-36-33-30-27-24-21-18-15-12-9-6-2)61-58-55-52-49-46-43-40-37-34-31-28-25-22-19-16-13-10-7-3;/h62H,5-61H2,1-4H3;1H3.